The molecule has 0 fully saturated rings. The minimum absolute atomic E-state index is 0.190. The Kier molecular flexibility index (Phi) is 3.07. The highest BCUT2D eigenvalue weighted by Gasteiger charge is 2.06. The first kappa shape index (κ1) is 9.78. The number of carbonyl (C=O) groups is 1. The number of nitrogens with two attached hydrogens (primary N) is 1. The molecule has 0 bridgehead atoms. The van der Waals surface area contributed by atoms with Crippen LogP contribution < -0.4 is 5.73 Å². The van der Waals surface area contributed by atoms with Gasteiger partial charge in [0, 0.05) is 17.7 Å². The molecule has 1 aromatic rings. The van der Waals surface area contributed by atoms with Crippen LogP contribution in [0.2, 0.25) is 0 Å². The lowest BCUT2D eigenvalue weighted by Crippen LogP contribution is -2.03. The van der Waals surface area contributed by atoms with Crippen molar-refractivity contribution in [1.29, 1.82) is 0 Å². The van der Waals surface area contributed by atoms with Gasteiger partial charge >= 0.3 is 0 Å². The number of anilines is 1. The van der Waals surface area contributed by atoms with Gasteiger partial charge < -0.3 is 5.73 Å². The lowest BCUT2D eigenvalue weighted by atomic mass is 10.0. The zero-order valence-corrected chi connectivity index (χ0v) is 8.08. The van der Waals surface area contributed by atoms with Crippen molar-refractivity contribution in [3.05, 3.63) is 29.8 Å². The third kappa shape index (κ3) is 2.90. The molecule has 0 saturated carbocycles. The van der Waals surface area contributed by atoms with E-state index >= 15 is 0 Å². The molecule has 0 aliphatic carbocycles. The molecule has 0 atom stereocenters. The summed E-state index contributed by atoms with van der Waals surface area (Å²) in [5, 5.41) is 0. The van der Waals surface area contributed by atoms with Crippen LogP contribution in [0.3, 0.4) is 0 Å². The second-order valence-electron chi connectivity index (χ2n) is 3.64. The average molecular weight is 177 g/mol. The van der Waals surface area contributed by atoms with Gasteiger partial charge in [0.2, 0.25) is 0 Å². The van der Waals surface area contributed by atoms with Crippen LogP contribution in [0, 0.1) is 5.92 Å². The van der Waals surface area contributed by atoms with Gasteiger partial charge in [0.05, 0.1) is 0 Å². The number of carbonyl (C=O) groups excluding carboxylic acids is 1. The van der Waals surface area contributed by atoms with E-state index < -0.39 is 0 Å². The summed E-state index contributed by atoms with van der Waals surface area (Å²) in [5.74, 6) is 0.597. The highest BCUT2D eigenvalue weighted by Crippen LogP contribution is 2.11. The van der Waals surface area contributed by atoms with Crippen LogP contribution in [0.1, 0.15) is 30.6 Å². The first-order valence-corrected chi connectivity index (χ1v) is 4.48. The van der Waals surface area contributed by atoms with Crippen molar-refractivity contribution in [2.24, 2.45) is 5.92 Å². The molecular formula is C11H15NO. The topological polar surface area (TPSA) is 43.1 Å². The maximum absolute atomic E-state index is 11.5. The van der Waals surface area contributed by atoms with Crippen LogP contribution in [-0.4, -0.2) is 5.78 Å². The predicted molar refractivity (Wildman–Crippen MR) is 54.6 cm³/mol. The van der Waals surface area contributed by atoms with E-state index in [1.807, 2.05) is 13.8 Å². The summed E-state index contributed by atoms with van der Waals surface area (Å²) in [5.41, 5.74) is 6.96. The average Bonchev–Trinajstić information content (AvgIpc) is 2.04. The fourth-order valence-electron chi connectivity index (χ4n) is 1.16. The summed E-state index contributed by atoms with van der Waals surface area (Å²) in [6, 6.07) is 7.07. The summed E-state index contributed by atoms with van der Waals surface area (Å²) in [4.78, 5) is 11.5. The molecule has 0 aliphatic rings. The van der Waals surface area contributed by atoms with E-state index in [4.69, 9.17) is 5.73 Å². The van der Waals surface area contributed by atoms with Crippen LogP contribution in [0.15, 0.2) is 24.3 Å². The molecule has 0 amide bonds. The lowest BCUT2D eigenvalue weighted by molar-refractivity contribution is 0.0968. The Morgan fingerprint density at radius 2 is 1.85 bits per heavy atom. The Labute approximate surface area is 78.8 Å². The Morgan fingerprint density at radius 1 is 1.31 bits per heavy atom. The maximum Gasteiger partial charge on any atom is 0.163 e. The number of ketones is 1. The van der Waals surface area contributed by atoms with Gasteiger partial charge in [-0.3, -0.25) is 4.79 Å². The maximum atomic E-state index is 11.5. The smallest absolute Gasteiger partial charge is 0.163 e. The highest BCUT2D eigenvalue weighted by atomic mass is 16.1. The van der Waals surface area contributed by atoms with Gasteiger partial charge in [-0.1, -0.05) is 13.8 Å². The second kappa shape index (κ2) is 4.08. The number of hydrogen-bond donors (Lipinski definition) is 1. The number of rotatable bonds is 3. The quantitative estimate of drug-likeness (QED) is 0.569. The number of hydrogen-bond acceptors (Lipinski definition) is 2. The minimum Gasteiger partial charge on any atom is -0.399 e. The molecule has 0 radical (unpaired) electrons. The van der Waals surface area contributed by atoms with Crippen molar-refractivity contribution >= 4 is 11.5 Å². The minimum atomic E-state index is 0.190. The normalized spacial score (nSPS) is 10.4. The van der Waals surface area contributed by atoms with E-state index in [-0.39, 0.29) is 5.78 Å². The molecule has 0 spiro atoms. The second-order valence-corrected chi connectivity index (χ2v) is 3.64. The van der Waals surface area contributed by atoms with Gasteiger partial charge in [-0.25, -0.2) is 0 Å². The monoisotopic (exact) mass is 177 g/mol. The van der Waals surface area contributed by atoms with Crippen LogP contribution in [-0.2, 0) is 0 Å². The van der Waals surface area contributed by atoms with E-state index in [0.717, 1.165) is 5.56 Å². The molecule has 1 aromatic carbocycles. The summed E-state index contributed by atoms with van der Waals surface area (Å²) in [6.45, 7) is 4.07. The van der Waals surface area contributed by atoms with Crippen molar-refractivity contribution in [3.63, 3.8) is 0 Å². The largest absolute Gasteiger partial charge is 0.399 e. The van der Waals surface area contributed by atoms with Gasteiger partial charge in [-0.2, -0.15) is 0 Å². The predicted octanol–water partition coefficient (Wildman–Crippen LogP) is 2.50. The van der Waals surface area contributed by atoms with Crippen LogP contribution in [0.4, 0.5) is 5.69 Å². The van der Waals surface area contributed by atoms with Gasteiger partial charge in [0.15, 0.2) is 5.78 Å². The van der Waals surface area contributed by atoms with Gasteiger partial charge in [0.25, 0.3) is 0 Å². The first-order chi connectivity index (χ1) is 6.09. The van der Waals surface area contributed by atoms with Gasteiger partial charge in [-0.05, 0) is 30.2 Å². The first-order valence-electron chi connectivity index (χ1n) is 4.48. The van der Waals surface area contributed by atoms with Gasteiger partial charge in [0.1, 0.15) is 0 Å². The van der Waals surface area contributed by atoms with Crippen molar-refractivity contribution in [2.75, 3.05) is 5.73 Å². The van der Waals surface area contributed by atoms with E-state index in [9.17, 15) is 4.79 Å². The van der Waals surface area contributed by atoms with E-state index in [1.165, 1.54) is 0 Å². The molecule has 1 rings (SSSR count). The van der Waals surface area contributed by atoms with Crippen LogP contribution in [0.5, 0.6) is 0 Å². The molecule has 0 unspecified atom stereocenters. The Balaban J connectivity index is 2.72. The van der Waals surface area contributed by atoms with Crippen molar-refractivity contribution in [1.82, 2.24) is 0 Å². The van der Waals surface area contributed by atoms with E-state index in [1.54, 1.807) is 24.3 Å². The summed E-state index contributed by atoms with van der Waals surface area (Å²) >= 11 is 0. The van der Waals surface area contributed by atoms with Crippen molar-refractivity contribution in [3.8, 4) is 0 Å². The molecule has 0 heterocycles. The molecule has 2 N–H and O–H groups in total. The Bertz CT molecular complexity index is 287. The molecule has 2 heteroatoms. The zero-order chi connectivity index (χ0) is 9.84. The third-order valence-corrected chi connectivity index (χ3v) is 1.83. The molecule has 2 nitrogen and oxygen atoms in total. The summed E-state index contributed by atoms with van der Waals surface area (Å²) < 4.78 is 0. The van der Waals surface area contributed by atoms with Crippen LogP contribution >= 0.6 is 0 Å². The van der Waals surface area contributed by atoms with Crippen molar-refractivity contribution < 1.29 is 4.79 Å². The molecular weight excluding hydrogens is 162 g/mol. The fraction of sp³-hybridized carbons (Fsp3) is 0.364. The molecule has 0 aliphatic heterocycles. The lowest BCUT2D eigenvalue weighted by Gasteiger charge is -2.03. The van der Waals surface area contributed by atoms with E-state index in [0.29, 0.717) is 18.0 Å². The van der Waals surface area contributed by atoms with Crippen molar-refractivity contribution in [2.45, 2.75) is 20.3 Å². The highest BCUT2D eigenvalue weighted by molar-refractivity contribution is 5.96. The van der Waals surface area contributed by atoms with E-state index in [2.05, 4.69) is 0 Å². The molecule has 0 saturated heterocycles. The molecule has 0 aromatic heterocycles. The summed E-state index contributed by atoms with van der Waals surface area (Å²) in [7, 11) is 0. The number of benzene rings is 1. The van der Waals surface area contributed by atoms with Crippen LogP contribution in [0.25, 0.3) is 0 Å². The fourth-order valence-corrected chi connectivity index (χ4v) is 1.16. The number of nitrogen functional groups attached to an aromatic ring is 1. The zero-order valence-electron chi connectivity index (χ0n) is 8.08. The third-order valence-electron chi connectivity index (χ3n) is 1.83. The Hall–Kier alpha value is -1.31. The van der Waals surface area contributed by atoms with Gasteiger partial charge in [-0.15, -0.1) is 0 Å². The number of Topliss-reactive ketones (excluding diaryl/α,β-unsaturated/α-hetero) is 1. The molecule has 13 heavy (non-hydrogen) atoms. The summed E-state index contributed by atoms with van der Waals surface area (Å²) in [6.07, 6.45) is 0.601. The molecule has 70 valence electrons. The SMILES string of the molecule is CC(C)CC(=O)c1ccc(N)cc1. The Morgan fingerprint density at radius 3 is 2.31 bits per heavy atom. The standard InChI is InChI=1S/C11H15NO/c1-8(2)7-11(13)9-3-5-10(12)6-4-9/h3-6,8H,7,12H2,1-2H3.